The lowest BCUT2D eigenvalue weighted by molar-refractivity contribution is -0.00457. The molecule has 1 rings (SSSR count). The van der Waals surface area contributed by atoms with Crippen molar-refractivity contribution in [3.8, 4) is 0 Å². The van der Waals surface area contributed by atoms with Gasteiger partial charge in [-0.1, -0.05) is 0 Å². The zero-order valence-electron chi connectivity index (χ0n) is 7.47. The minimum Gasteiger partial charge on any atom is -0.390 e. The van der Waals surface area contributed by atoms with Crippen LogP contribution in [0.4, 0.5) is 0 Å². The fourth-order valence-corrected chi connectivity index (χ4v) is 1.70. The molecule has 2 heteroatoms. The van der Waals surface area contributed by atoms with E-state index in [-0.39, 0.29) is 0 Å². The van der Waals surface area contributed by atoms with Crippen molar-refractivity contribution in [2.24, 2.45) is 5.92 Å². The Labute approximate surface area is 68.6 Å². The number of rotatable bonds is 2. The average molecular weight is 158 g/mol. The molecule has 0 spiro atoms. The van der Waals surface area contributed by atoms with Gasteiger partial charge in [-0.25, -0.2) is 0 Å². The molecule has 1 fully saturated rings. The molecule has 2 nitrogen and oxygen atoms in total. The summed E-state index contributed by atoms with van der Waals surface area (Å²) in [6, 6.07) is 0. The molecule has 1 saturated carbocycles. The van der Waals surface area contributed by atoms with Crippen molar-refractivity contribution in [2.45, 2.75) is 38.2 Å². The minimum atomic E-state index is -0.399. The van der Waals surface area contributed by atoms with Gasteiger partial charge in [-0.05, 0) is 38.5 Å². The molecular weight excluding hydrogens is 140 g/mol. The second kappa shape index (κ2) is 3.55. The molecule has 66 valence electrons. The number of hydrogen-bond donors (Lipinski definition) is 1. The van der Waals surface area contributed by atoms with Crippen molar-refractivity contribution in [1.29, 1.82) is 0 Å². The molecule has 0 aromatic heterocycles. The van der Waals surface area contributed by atoms with Crippen LogP contribution in [0.1, 0.15) is 32.6 Å². The average Bonchev–Trinajstić information content (AvgIpc) is 1.94. The molecule has 0 aromatic carbocycles. The van der Waals surface area contributed by atoms with Gasteiger partial charge in [0.15, 0.2) is 0 Å². The van der Waals surface area contributed by atoms with Crippen molar-refractivity contribution in [1.82, 2.24) is 0 Å². The molecule has 1 N–H and O–H groups in total. The van der Waals surface area contributed by atoms with Gasteiger partial charge >= 0.3 is 0 Å². The summed E-state index contributed by atoms with van der Waals surface area (Å²) in [4.78, 5) is 0. The molecular formula is C9H18O2. The zero-order chi connectivity index (χ0) is 8.32. The van der Waals surface area contributed by atoms with E-state index in [2.05, 4.69) is 0 Å². The predicted octanol–water partition coefficient (Wildman–Crippen LogP) is 1.57. The van der Waals surface area contributed by atoms with Crippen LogP contribution in [-0.4, -0.2) is 24.4 Å². The van der Waals surface area contributed by atoms with Crippen LogP contribution in [0.25, 0.3) is 0 Å². The first-order valence-corrected chi connectivity index (χ1v) is 4.35. The third-order valence-corrected chi connectivity index (χ3v) is 2.58. The largest absolute Gasteiger partial charge is 0.390 e. The van der Waals surface area contributed by atoms with Gasteiger partial charge in [-0.2, -0.15) is 0 Å². The highest BCUT2D eigenvalue weighted by Gasteiger charge is 2.28. The van der Waals surface area contributed by atoms with Gasteiger partial charge in [-0.15, -0.1) is 0 Å². The van der Waals surface area contributed by atoms with Crippen LogP contribution < -0.4 is 0 Å². The Bertz CT molecular complexity index is 111. The van der Waals surface area contributed by atoms with Gasteiger partial charge in [0.1, 0.15) is 0 Å². The topological polar surface area (TPSA) is 29.5 Å². The second-order valence-corrected chi connectivity index (χ2v) is 3.90. The molecule has 0 bridgehead atoms. The molecule has 0 aromatic rings. The fourth-order valence-electron chi connectivity index (χ4n) is 1.70. The molecule has 0 saturated heterocycles. The standard InChI is InChI=1S/C9H18O2/c1-9(10)5-3-8(4-6-9)7-11-2/h8,10H,3-7H2,1-2H3/t8-,9+. The lowest BCUT2D eigenvalue weighted by Gasteiger charge is -2.32. The lowest BCUT2D eigenvalue weighted by Crippen LogP contribution is -2.31. The first-order chi connectivity index (χ1) is 5.14. The second-order valence-electron chi connectivity index (χ2n) is 3.90. The maximum Gasteiger partial charge on any atom is 0.0620 e. The summed E-state index contributed by atoms with van der Waals surface area (Å²) >= 11 is 0. The predicted molar refractivity (Wildman–Crippen MR) is 44.5 cm³/mol. The summed E-state index contributed by atoms with van der Waals surface area (Å²) in [5.74, 6) is 0.681. The number of methoxy groups -OCH3 is 1. The highest BCUT2D eigenvalue weighted by molar-refractivity contribution is 4.80. The van der Waals surface area contributed by atoms with Crippen molar-refractivity contribution in [2.75, 3.05) is 13.7 Å². The zero-order valence-corrected chi connectivity index (χ0v) is 7.47. The Morgan fingerprint density at radius 2 is 2.00 bits per heavy atom. The van der Waals surface area contributed by atoms with E-state index in [9.17, 15) is 5.11 Å². The fraction of sp³-hybridized carbons (Fsp3) is 1.00. The quantitative estimate of drug-likeness (QED) is 0.661. The monoisotopic (exact) mass is 158 g/mol. The molecule has 11 heavy (non-hydrogen) atoms. The Balaban J connectivity index is 2.25. The first kappa shape index (κ1) is 9.01. The lowest BCUT2D eigenvalue weighted by atomic mass is 9.80. The molecule has 0 amide bonds. The van der Waals surface area contributed by atoms with Crippen LogP contribution in [0.15, 0.2) is 0 Å². The summed E-state index contributed by atoms with van der Waals surface area (Å²) in [6.45, 7) is 2.78. The smallest absolute Gasteiger partial charge is 0.0620 e. The van der Waals surface area contributed by atoms with Gasteiger partial charge in [0.25, 0.3) is 0 Å². The van der Waals surface area contributed by atoms with Crippen molar-refractivity contribution >= 4 is 0 Å². The van der Waals surface area contributed by atoms with Gasteiger partial charge < -0.3 is 9.84 Å². The highest BCUT2D eigenvalue weighted by Crippen LogP contribution is 2.31. The Morgan fingerprint density at radius 1 is 1.45 bits per heavy atom. The maximum absolute atomic E-state index is 9.62. The molecule has 0 radical (unpaired) electrons. The van der Waals surface area contributed by atoms with Gasteiger partial charge in [0.05, 0.1) is 5.60 Å². The van der Waals surface area contributed by atoms with E-state index >= 15 is 0 Å². The van der Waals surface area contributed by atoms with E-state index in [1.165, 1.54) is 0 Å². The van der Waals surface area contributed by atoms with Crippen molar-refractivity contribution in [3.05, 3.63) is 0 Å². The number of hydrogen-bond acceptors (Lipinski definition) is 2. The van der Waals surface area contributed by atoms with E-state index in [0.29, 0.717) is 5.92 Å². The van der Waals surface area contributed by atoms with Gasteiger partial charge in [0, 0.05) is 13.7 Å². The van der Waals surface area contributed by atoms with E-state index in [1.807, 2.05) is 6.92 Å². The SMILES string of the molecule is COC[C@H]1CC[C@@](C)(O)CC1. The van der Waals surface area contributed by atoms with Gasteiger partial charge in [-0.3, -0.25) is 0 Å². The summed E-state index contributed by atoms with van der Waals surface area (Å²) < 4.78 is 5.07. The maximum atomic E-state index is 9.62. The summed E-state index contributed by atoms with van der Waals surface area (Å²) in [5, 5.41) is 9.62. The third kappa shape index (κ3) is 2.80. The summed E-state index contributed by atoms with van der Waals surface area (Å²) in [6.07, 6.45) is 4.09. The van der Waals surface area contributed by atoms with Crippen LogP contribution in [0.5, 0.6) is 0 Å². The molecule has 0 heterocycles. The Kier molecular flexibility index (Phi) is 2.90. The normalized spacial score (nSPS) is 39.0. The molecule has 0 atom stereocenters. The summed E-state index contributed by atoms with van der Waals surface area (Å²) in [7, 11) is 1.74. The number of aliphatic hydroxyl groups is 1. The van der Waals surface area contributed by atoms with Crippen LogP contribution in [0.2, 0.25) is 0 Å². The highest BCUT2D eigenvalue weighted by atomic mass is 16.5. The first-order valence-electron chi connectivity index (χ1n) is 4.35. The van der Waals surface area contributed by atoms with Crippen LogP contribution in [0, 0.1) is 5.92 Å². The van der Waals surface area contributed by atoms with Crippen LogP contribution in [0.3, 0.4) is 0 Å². The van der Waals surface area contributed by atoms with Gasteiger partial charge in [0.2, 0.25) is 0 Å². The third-order valence-electron chi connectivity index (χ3n) is 2.58. The van der Waals surface area contributed by atoms with E-state index in [0.717, 1.165) is 32.3 Å². The van der Waals surface area contributed by atoms with E-state index < -0.39 is 5.60 Å². The van der Waals surface area contributed by atoms with E-state index in [4.69, 9.17) is 4.74 Å². The molecule has 1 aliphatic rings. The molecule has 0 aliphatic heterocycles. The number of ether oxygens (including phenoxy) is 1. The van der Waals surface area contributed by atoms with Crippen molar-refractivity contribution < 1.29 is 9.84 Å². The van der Waals surface area contributed by atoms with Crippen LogP contribution in [-0.2, 0) is 4.74 Å². The summed E-state index contributed by atoms with van der Waals surface area (Å²) in [5.41, 5.74) is -0.399. The Hall–Kier alpha value is -0.0800. The minimum absolute atomic E-state index is 0.399. The van der Waals surface area contributed by atoms with E-state index in [1.54, 1.807) is 7.11 Å². The van der Waals surface area contributed by atoms with Crippen LogP contribution >= 0.6 is 0 Å². The van der Waals surface area contributed by atoms with Crippen molar-refractivity contribution in [3.63, 3.8) is 0 Å². The molecule has 1 aliphatic carbocycles. The molecule has 0 unspecified atom stereocenters. The Morgan fingerprint density at radius 3 is 2.45 bits per heavy atom.